The maximum atomic E-state index is 12.9. The molecule has 0 fully saturated rings. The van der Waals surface area contributed by atoms with Gasteiger partial charge in [-0.2, -0.15) is 5.10 Å². The van der Waals surface area contributed by atoms with E-state index in [0.717, 1.165) is 23.9 Å². The van der Waals surface area contributed by atoms with Gasteiger partial charge in [0.2, 0.25) is 5.91 Å². The Kier molecular flexibility index (Phi) is 3.93. The van der Waals surface area contributed by atoms with Crippen molar-refractivity contribution in [3.05, 3.63) is 42.2 Å². The molecule has 1 amide bonds. The van der Waals surface area contributed by atoms with Crippen molar-refractivity contribution in [2.24, 2.45) is 0 Å². The Balaban J connectivity index is 1.87. The lowest BCUT2D eigenvalue weighted by Gasteiger charge is -2.03. The minimum atomic E-state index is -0.921. The number of aromatic amines is 1. The van der Waals surface area contributed by atoms with Crippen LogP contribution >= 0.6 is 11.8 Å². The summed E-state index contributed by atoms with van der Waals surface area (Å²) in [6.45, 7) is 0. The van der Waals surface area contributed by atoms with Gasteiger partial charge in [-0.05, 0) is 18.2 Å². The van der Waals surface area contributed by atoms with Crippen molar-refractivity contribution in [2.45, 2.75) is 4.90 Å². The first-order valence-electron chi connectivity index (χ1n) is 5.01. The topological polar surface area (TPSA) is 57.8 Å². The molecule has 1 heterocycles. The number of nitrogens with one attached hydrogen (secondary N) is 2. The highest BCUT2D eigenvalue weighted by atomic mass is 32.2. The van der Waals surface area contributed by atoms with E-state index < -0.39 is 11.6 Å². The molecule has 0 aliphatic carbocycles. The van der Waals surface area contributed by atoms with Gasteiger partial charge in [-0.25, -0.2) is 8.78 Å². The van der Waals surface area contributed by atoms with E-state index in [-0.39, 0.29) is 11.7 Å². The van der Waals surface area contributed by atoms with Crippen molar-refractivity contribution in [3.8, 4) is 0 Å². The fraction of sp³-hybridized carbons (Fsp3) is 0.0909. The predicted molar refractivity (Wildman–Crippen MR) is 64.3 cm³/mol. The van der Waals surface area contributed by atoms with Crippen molar-refractivity contribution in [3.63, 3.8) is 0 Å². The Hall–Kier alpha value is -1.89. The lowest BCUT2D eigenvalue weighted by molar-refractivity contribution is -0.113. The molecule has 2 aromatic rings. The highest BCUT2D eigenvalue weighted by Crippen LogP contribution is 2.20. The van der Waals surface area contributed by atoms with Gasteiger partial charge in [-0.1, -0.05) is 0 Å². The molecule has 0 aliphatic rings. The van der Waals surface area contributed by atoms with E-state index in [1.807, 2.05) is 0 Å². The van der Waals surface area contributed by atoms with Crippen molar-refractivity contribution >= 4 is 23.4 Å². The molecular weight excluding hydrogens is 260 g/mol. The molecule has 0 bridgehead atoms. The van der Waals surface area contributed by atoms with Gasteiger partial charge in [-0.3, -0.25) is 9.89 Å². The van der Waals surface area contributed by atoms with Gasteiger partial charge in [0.25, 0.3) is 0 Å². The maximum absolute atomic E-state index is 12.9. The average Bonchev–Trinajstić information content (AvgIpc) is 2.83. The molecule has 1 aromatic carbocycles. The zero-order valence-electron chi connectivity index (χ0n) is 9.11. The summed E-state index contributed by atoms with van der Waals surface area (Å²) in [5, 5.41) is 8.83. The molecule has 0 atom stereocenters. The number of carbonyl (C=O) groups is 1. The molecule has 0 saturated carbocycles. The third kappa shape index (κ3) is 3.30. The zero-order chi connectivity index (χ0) is 13.0. The van der Waals surface area contributed by atoms with Gasteiger partial charge >= 0.3 is 0 Å². The van der Waals surface area contributed by atoms with E-state index in [1.165, 1.54) is 12.3 Å². The van der Waals surface area contributed by atoms with Crippen LogP contribution in [0.4, 0.5) is 14.5 Å². The van der Waals surface area contributed by atoms with Crippen LogP contribution < -0.4 is 5.32 Å². The number of benzene rings is 1. The molecule has 7 heteroatoms. The second kappa shape index (κ2) is 5.63. The van der Waals surface area contributed by atoms with Crippen molar-refractivity contribution < 1.29 is 13.6 Å². The Bertz CT molecular complexity index is 545. The molecule has 0 saturated heterocycles. The van der Waals surface area contributed by atoms with E-state index in [0.29, 0.717) is 10.6 Å². The first-order valence-corrected chi connectivity index (χ1v) is 6.00. The van der Waals surface area contributed by atoms with Crippen molar-refractivity contribution in [1.82, 2.24) is 10.2 Å². The summed E-state index contributed by atoms with van der Waals surface area (Å²) in [7, 11) is 0. The van der Waals surface area contributed by atoms with Gasteiger partial charge < -0.3 is 5.32 Å². The predicted octanol–water partition coefficient (Wildman–Crippen LogP) is 2.42. The van der Waals surface area contributed by atoms with Crippen LogP contribution in [-0.4, -0.2) is 21.9 Å². The highest BCUT2D eigenvalue weighted by molar-refractivity contribution is 8.00. The Morgan fingerprint density at radius 3 is 2.89 bits per heavy atom. The Morgan fingerprint density at radius 2 is 2.22 bits per heavy atom. The molecular formula is C11H9F2N3OS. The molecule has 0 radical (unpaired) electrons. The van der Waals surface area contributed by atoms with Crippen LogP contribution in [0, 0.1) is 11.6 Å². The van der Waals surface area contributed by atoms with Gasteiger partial charge in [0.1, 0.15) is 0 Å². The summed E-state index contributed by atoms with van der Waals surface area (Å²) in [5.41, 5.74) is 0.561. The number of nitrogens with zero attached hydrogens (tertiary/aromatic N) is 1. The van der Waals surface area contributed by atoms with Crippen LogP contribution in [0.25, 0.3) is 0 Å². The number of halogens is 2. The molecule has 94 valence electrons. The average molecular weight is 269 g/mol. The SMILES string of the molecule is O=C(CSc1ccc(F)c(F)c1)Nc1cn[nH]c1. The lowest BCUT2D eigenvalue weighted by Crippen LogP contribution is -2.13. The molecule has 0 spiro atoms. The fourth-order valence-corrected chi connectivity index (χ4v) is 1.95. The number of amides is 1. The number of hydrogen-bond donors (Lipinski definition) is 2. The number of H-pyrrole nitrogens is 1. The second-order valence-corrected chi connectivity index (χ2v) is 4.45. The van der Waals surface area contributed by atoms with Crippen LogP contribution in [0.5, 0.6) is 0 Å². The fourth-order valence-electron chi connectivity index (χ4n) is 1.23. The monoisotopic (exact) mass is 269 g/mol. The summed E-state index contributed by atoms with van der Waals surface area (Å²) in [6, 6.07) is 3.52. The number of aromatic nitrogens is 2. The molecule has 18 heavy (non-hydrogen) atoms. The largest absolute Gasteiger partial charge is 0.323 e. The molecule has 0 unspecified atom stereocenters. The zero-order valence-corrected chi connectivity index (χ0v) is 9.93. The van der Waals surface area contributed by atoms with E-state index >= 15 is 0 Å². The summed E-state index contributed by atoms with van der Waals surface area (Å²) in [5.74, 6) is -1.96. The van der Waals surface area contributed by atoms with E-state index in [1.54, 1.807) is 6.20 Å². The standard InChI is InChI=1S/C11H9F2N3OS/c12-9-2-1-8(3-10(9)13)18-6-11(17)16-7-4-14-15-5-7/h1-5H,6H2,(H,14,15)(H,16,17). The molecule has 2 rings (SSSR count). The Morgan fingerprint density at radius 1 is 1.39 bits per heavy atom. The quantitative estimate of drug-likeness (QED) is 0.838. The van der Waals surface area contributed by atoms with Crippen LogP contribution in [0.2, 0.25) is 0 Å². The Labute approximate surface area is 106 Å². The highest BCUT2D eigenvalue weighted by Gasteiger charge is 2.07. The molecule has 2 N–H and O–H groups in total. The van der Waals surface area contributed by atoms with Crippen molar-refractivity contribution in [2.75, 3.05) is 11.1 Å². The number of carbonyl (C=O) groups excluding carboxylic acids is 1. The number of rotatable bonds is 4. The van der Waals surface area contributed by atoms with Crippen LogP contribution in [0.15, 0.2) is 35.5 Å². The minimum Gasteiger partial charge on any atom is -0.323 e. The number of thioether (sulfide) groups is 1. The summed E-state index contributed by atoms with van der Waals surface area (Å²) >= 11 is 1.12. The number of anilines is 1. The maximum Gasteiger partial charge on any atom is 0.234 e. The normalized spacial score (nSPS) is 10.3. The summed E-state index contributed by atoms with van der Waals surface area (Å²) in [6.07, 6.45) is 3.01. The van der Waals surface area contributed by atoms with Gasteiger partial charge in [0, 0.05) is 11.1 Å². The van der Waals surface area contributed by atoms with Crippen LogP contribution in [0.3, 0.4) is 0 Å². The van der Waals surface area contributed by atoms with Crippen LogP contribution in [0.1, 0.15) is 0 Å². The summed E-state index contributed by atoms with van der Waals surface area (Å²) < 4.78 is 25.6. The van der Waals surface area contributed by atoms with Crippen LogP contribution in [-0.2, 0) is 4.79 Å². The number of hydrogen-bond acceptors (Lipinski definition) is 3. The molecule has 1 aromatic heterocycles. The minimum absolute atomic E-state index is 0.107. The third-order valence-corrected chi connectivity index (χ3v) is 3.04. The lowest BCUT2D eigenvalue weighted by atomic mass is 10.3. The molecule has 4 nitrogen and oxygen atoms in total. The van der Waals surface area contributed by atoms with Crippen molar-refractivity contribution in [1.29, 1.82) is 0 Å². The van der Waals surface area contributed by atoms with E-state index in [4.69, 9.17) is 0 Å². The summed E-state index contributed by atoms with van der Waals surface area (Å²) in [4.78, 5) is 12.0. The van der Waals surface area contributed by atoms with Gasteiger partial charge in [0.05, 0.1) is 17.6 Å². The van der Waals surface area contributed by atoms with Gasteiger partial charge in [-0.15, -0.1) is 11.8 Å². The first kappa shape index (κ1) is 12.6. The van der Waals surface area contributed by atoms with E-state index in [2.05, 4.69) is 15.5 Å². The van der Waals surface area contributed by atoms with E-state index in [9.17, 15) is 13.6 Å². The first-order chi connectivity index (χ1) is 8.65. The third-order valence-electron chi connectivity index (χ3n) is 2.04. The smallest absolute Gasteiger partial charge is 0.234 e. The van der Waals surface area contributed by atoms with Gasteiger partial charge in [0.15, 0.2) is 11.6 Å². The second-order valence-electron chi connectivity index (χ2n) is 3.40. The molecule has 0 aliphatic heterocycles.